The van der Waals surface area contributed by atoms with E-state index in [1.807, 2.05) is 6.92 Å². The number of rotatable bonds is 5. The predicted octanol–water partition coefficient (Wildman–Crippen LogP) is 1.49. The average molecular weight is 211 g/mol. The molecule has 0 saturated carbocycles. The molecule has 0 heterocycles. The van der Waals surface area contributed by atoms with Crippen molar-refractivity contribution < 1.29 is 14.7 Å². The molecule has 0 bridgehead atoms. The van der Waals surface area contributed by atoms with Gasteiger partial charge in [0.2, 0.25) is 5.91 Å². The van der Waals surface area contributed by atoms with Crippen molar-refractivity contribution in [1.29, 1.82) is 0 Å². The van der Waals surface area contributed by atoms with Gasteiger partial charge in [-0.25, -0.2) is 4.79 Å². The van der Waals surface area contributed by atoms with E-state index in [0.29, 0.717) is 6.42 Å². The van der Waals surface area contributed by atoms with Crippen LogP contribution in [0.2, 0.25) is 0 Å². The van der Waals surface area contributed by atoms with E-state index in [2.05, 4.69) is 11.9 Å². The lowest BCUT2D eigenvalue weighted by Crippen LogP contribution is -2.33. The fourth-order valence-corrected chi connectivity index (χ4v) is 0.972. The summed E-state index contributed by atoms with van der Waals surface area (Å²) in [7, 11) is 0. The van der Waals surface area contributed by atoms with Gasteiger partial charge in [-0.3, -0.25) is 4.79 Å². The molecule has 4 nitrogen and oxygen atoms in total. The molecule has 1 amide bonds. The van der Waals surface area contributed by atoms with E-state index in [4.69, 9.17) is 5.11 Å². The van der Waals surface area contributed by atoms with E-state index in [1.54, 1.807) is 6.08 Å². The second kappa shape index (κ2) is 6.01. The van der Waals surface area contributed by atoms with Crippen LogP contribution >= 0.6 is 0 Å². The molecule has 1 unspecified atom stereocenters. The number of carboxylic acids is 1. The molecule has 0 rings (SSSR count). The first-order chi connectivity index (χ1) is 6.90. The van der Waals surface area contributed by atoms with Gasteiger partial charge in [0.25, 0.3) is 0 Å². The van der Waals surface area contributed by atoms with Gasteiger partial charge < -0.3 is 10.4 Å². The summed E-state index contributed by atoms with van der Waals surface area (Å²) in [5.74, 6) is -1.41. The Morgan fingerprint density at radius 3 is 2.33 bits per heavy atom. The first-order valence-electron chi connectivity index (χ1n) is 4.72. The summed E-state index contributed by atoms with van der Waals surface area (Å²) in [6, 6.07) is -0.0356. The van der Waals surface area contributed by atoms with Crippen LogP contribution in [-0.2, 0) is 9.59 Å². The van der Waals surface area contributed by atoms with Crippen LogP contribution in [0.5, 0.6) is 0 Å². The Kier molecular flexibility index (Phi) is 5.37. The minimum Gasteiger partial charge on any atom is -0.478 e. The van der Waals surface area contributed by atoms with Gasteiger partial charge >= 0.3 is 5.97 Å². The van der Waals surface area contributed by atoms with E-state index in [1.165, 1.54) is 13.8 Å². The number of amides is 1. The predicted molar refractivity (Wildman–Crippen MR) is 58.4 cm³/mol. The van der Waals surface area contributed by atoms with Crippen LogP contribution < -0.4 is 5.32 Å². The Labute approximate surface area is 89.7 Å². The zero-order valence-corrected chi connectivity index (χ0v) is 9.33. The van der Waals surface area contributed by atoms with Gasteiger partial charge in [-0.15, -0.1) is 6.58 Å². The summed E-state index contributed by atoms with van der Waals surface area (Å²) in [4.78, 5) is 22.1. The van der Waals surface area contributed by atoms with E-state index < -0.39 is 5.97 Å². The van der Waals surface area contributed by atoms with Crippen LogP contribution in [0.1, 0.15) is 27.2 Å². The molecule has 1 atom stereocenters. The van der Waals surface area contributed by atoms with Gasteiger partial charge in [-0.2, -0.15) is 0 Å². The molecule has 0 aromatic heterocycles. The van der Waals surface area contributed by atoms with Crippen LogP contribution in [0.4, 0.5) is 0 Å². The molecular weight excluding hydrogens is 194 g/mol. The van der Waals surface area contributed by atoms with Crippen molar-refractivity contribution in [1.82, 2.24) is 5.32 Å². The van der Waals surface area contributed by atoms with Gasteiger partial charge in [-0.05, 0) is 27.2 Å². The number of hydrogen-bond donors (Lipinski definition) is 2. The number of carbonyl (C=O) groups is 2. The van der Waals surface area contributed by atoms with Crippen molar-refractivity contribution >= 4 is 11.9 Å². The highest BCUT2D eigenvalue weighted by molar-refractivity contribution is 6.01. The summed E-state index contributed by atoms with van der Waals surface area (Å²) >= 11 is 0. The maximum Gasteiger partial charge on any atom is 0.331 e. The van der Waals surface area contributed by atoms with Crippen molar-refractivity contribution in [2.24, 2.45) is 0 Å². The van der Waals surface area contributed by atoms with Crippen LogP contribution in [0, 0.1) is 0 Å². The zero-order chi connectivity index (χ0) is 12.0. The first-order valence-corrected chi connectivity index (χ1v) is 4.72. The number of aliphatic carboxylic acids is 1. The highest BCUT2D eigenvalue weighted by Gasteiger charge is 2.13. The Morgan fingerprint density at radius 1 is 1.40 bits per heavy atom. The molecule has 0 aliphatic rings. The normalized spacial score (nSPS) is 13.8. The quantitative estimate of drug-likeness (QED) is 0.535. The summed E-state index contributed by atoms with van der Waals surface area (Å²) in [5.41, 5.74) is 0.303. The summed E-state index contributed by atoms with van der Waals surface area (Å²) in [6.45, 7) is 8.31. The Morgan fingerprint density at radius 2 is 1.93 bits per heavy atom. The molecule has 84 valence electrons. The van der Waals surface area contributed by atoms with Crippen LogP contribution in [0.15, 0.2) is 23.8 Å². The Bertz CT molecular complexity index is 305. The molecule has 0 saturated heterocycles. The van der Waals surface area contributed by atoms with Crippen molar-refractivity contribution in [3.63, 3.8) is 0 Å². The zero-order valence-electron chi connectivity index (χ0n) is 9.33. The van der Waals surface area contributed by atoms with Gasteiger partial charge in [0.1, 0.15) is 0 Å². The molecule has 0 aromatic carbocycles. The third-order valence-corrected chi connectivity index (χ3v) is 2.12. The molecular formula is C11H17NO3. The number of nitrogens with one attached hydrogen (secondary N) is 1. The standard InChI is InChI=1S/C11H17NO3/c1-5-6-7(2)12-10(13)8(3)9(4)11(14)15/h5,7H,1,6H2,2-4H3,(H,12,13)(H,14,15)/b9-8-. The number of carboxylic acid groups (broad SMARTS) is 1. The van der Waals surface area contributed by atoms with Crippen LogP contribution in [0.25, 0.3) is 0 Å². The van der Waals surface area contributed by atoms with E-state index >= 15 is 0 Å². The lowest BCUT2D eigenvalue weighted by Gasteiger charge is -2.12. The van der Waals surface area contributed by atoms with Gasteiger partial charge in [0, 0.05) is 17.2 Å². The number of hydrogen-bond acceptors (Lipinski definition) is 2. The maximum atomic E-state index is 11.5. The molecule has 4 heteroatoms. The number of carbonyl (C=O) groups excluding carboxylic acids is 1. The van der Waals surface area contributed by atoms with Gasteiger partial charge in [0.15, 0.2) is 0 Å². The maximum absolute atomic E-state index is 11.5. The lowest BCUT2D eigenvalue weighted by molar-refractivity contribution is -0.133. The van der Waals surface area contributed by atoms with Gasteiger partial charge in [-0.1, -0.05) is 6.08 Å². The largest absolute Gasteiger partial charge is 0.478 e. The molecule has 0 fully saturated rings. The van der Waals surface area contributed by atoms with E-state index in [-0.39, 0.29) is 23.1 Å². The highest BCUT2D eigenvalue weighted by Crippen LogP contribution is 2.04. The average Bonchev–Trinajstić information content (AvgIpc) is 2.15. The molecule has 0 radical (unpaired) electrons. The molecule has 0 aromatic rings. The molecule has 0 aliphatic heterocycles. The fraction of sp³-hybridized carbons (Fsp3) is 0.455. The SMILES string of the molecule is C=CCC(C)NC(=O)/C(C)=C(/C)C(=O)O. The van der Waals surface area contributed by atoms with Crippen molar-refractivity contribution in [2.75, 3.05) is 0 Å². The minimum atomic E-state index is -1.07. The Hall–Kier alpha value is -1.58. The third kappa shape index (κ3) is 4.44. The smallest absolute Gasteiger partial charge is 0.331 e. The Balaban J connectivity index is 4.52. The summed E-state index contributed by atoms with van der Waals surface area (Å²) in [6.07, 6.45) is 2.36. The molecule has 0 aliphatic carbocycles. The van der Waals surface area contributed by atoms with Crippen LogP contribution in [-0.4, -0.2) is 23.0 Å². The topological polar surface area (TPSA) is 66.4 Å². The second-order valence-corrected chi connectivity index (χ2v) is 3.45. The summed E-state index contributed by atoms with van der Waals surface area (Å²) < 4.78 is 0. The minimum absolute atomic E-state index is 0.0356. The third-order valence-electron chi connectivity index (χ3n) is 2.12. The lowest BCUT2D eigenvalue weighted by atomic mass is 10.1. The van der Waals surface area contributed by atoms with Crippen molar-refractivity contribution in [2.45, 2.75) is 33.2 Å². The molecule has 2 N–H and O–H groups in total. The summed E-state index contributed by atoms with van der Waals surface area (Å²) in [5, 5.41) is 11.4. The van der Waals surface area contributed by atoms with Crippen LogP contribution in [0.3, 0.4) is 0 Å². The van der Waals surface area contributed by atoms with Gasteiger partial charge in [0.05, 0.1) is 0 Å². The van der Waals surface area contributed by atoms with Crippen molar-refractivity contribution in [3.8, 4) is 0 Å². The monoisotopic (exact) mass is 211 g/mol. The molecule has 15 heavy (non-hydrogen) atoms. The van der Waals surface area contributed by atoms with E-state index in [0.717, 1.165) is 0 Å². The second-order valence-electron chi connectivity index (χ2n) is 3.45. The fourth-order valence-electron chi connectivity index (χ4n) is 0.972. The van der Waals surface area contributed by atoms with E-state index in [9.17, 15) is 9.59 Å². The highest BCUT2D eigenvalue weighted by atomic mass is 16.4. The van der Waals surface area contributed by atoms with Crippen molar-refractivity contribution in [3.05, 3.63) is 23.8 Å². The molecule has 0 spiro atoms. The first kappa shape index (κ1) is 13.4.